The lowest BCUT2D eigenvalue weighted by atomic mass is 9.98. The van der Waals surface area contributed by atoms with E-state index >= 15 is 0 Å². The van der Waals surface area contributed by atoms with E-state index in [1.54, 1.807) is 17.5 Å². The number of nitrogens with one attached hydrogen (secondary N) is 1. The van der Waals surface area contributed by atoms with Crippen LogP contribution in [0.2, 0.25) is 0 Å². The van der Waals surface area contributed by atoms with Crippen molar-refractivity contribution < 1.29 is 0 Å². The van der Waals surface area contributed by atoms with E-state index in [-0.39, 0.29) is 0 Å². The van der Waals surface area contributed by atoms with Crippen LogP contribution in [0, 0.1) is 0 Å². The van der Waals surface area contributed by atoms with Crippen molar-refractivity contribution in [2.45, 2.75) is 43.8 Å². The topological polar surface area (TPSA) is 71.8 Å². The number of anilines is 1. The maximum Gasteiger partial charge on any atom is 0.151 e. The molecule has 2 aliphatic heterocycles. The van der Waals surface area contributed by atoms with E-state index in [1.165, 1.54) is 25.7 Å². The van der Waals surface area contributed by atoms with Crippen molar-refractivity contribution in [3.8, 4) is 16.9 Å². The van der Waals surface area contributed by atoms with Crippen molar-refractivity contribution in [3.63, 3.8) is 0 Å². The second kappa shape index (κ2) is 7.14. The van der Waals surface area contributed by atoms with Crippen molar-refractivity contribution in [3.05, 3.63) is 48.2 Å². The van der Waals surface area contributed by atoms with Gasteiger partial charge in [0.15, 0.2) is 5.82 Å². The van der Waals surface area contributed by atoms with E-state index in [9.17, 15) is 0 Å². The average Bonchev–Trinajstić information content (AvgIpc) is 3.54. The van der Waals surface area contributed by atoms with Crippen molar-refractivity contribution in [2.75, 3.05) is 11.9 Å². The maximum absolute atomic E-state index is 4.59. The lowest BCUT2D eigenvalue weighted by molar-refractivity contribution is 0.353. The summed E-state index contributed by atoms with van der Waals surface area (Å²) in [5.41, 5.74) is 5.73. The summed E-state index contributed by atoms with van der Waals surface area (Å²) in [6.07, 6.45) is 8.70. The minimum atomic E-state index is 0.533. The number of benzene rings is 1. The normalized spacial score (nSPS) is 23.2. The van der Waals surface area contributed by atoms with Crippen LogP contribution in [0.5, 0.6) is 0 Å². The number of hydrogen-bond acceptors (Lipinski definition) is 7. The van der Waals surface area contributed by atoms with E-state index in [4.69, 9.17) is 0 Å². The summed E-state index contributed by atoms with van der Waals surface area (Å²) in [6, 6.07) is 12.1. The summed E-state index contributed by atoms with van der Waals surface area (Å²) in [5, 5.41) is 17.2. The Kier molecular flexibility index (Phi) is 4.28. The van der Waals surface area contributed by atoms with Crippen LogP contribution in [-0.4, -0.2) is 50.1 Å². The number of aromatic nitrogens is 5. The quantitative estimate of drug-likeness (QED) is 0.546. The molecule has 3 aromatic heterocycles. The molecule has 0 radical (unpaired) electrons. The van der Waals surface area contributed by atoms with Crippen LogP contribution in [0.4, 0.5) is 5.82 Å². The Bertz CT molecular complexity index is 1160. The van der Waals surface area contributed by atoms with E-state index in [0.717, 1.165) is 33.0 Å². The molecule has 0 aliphatic carbocycles. The molecule has 4 aromatic rings. The predicted octanol–water partition coefficient (Wildman–Crippen LogP) is 3.66. The van der Waals surface area contributed by atoms with Crippen LogP contribution in [-0.2, 0) is 0 Å². The Balaban J connectivity index is 1.30. The molecule has 1 aromatic carbocycles. The highest BCUT2D eigenvalue weighted by atomic mass is 32.1. The van der Waals surface area contributed by atoms with Gasteiger partial charge in [0.2, 0.25) is 0 Å². The van der Waals surface area contributed by atoms with Gasteiger partial charge >= 0.3 is 0 Å². The third kappa shape index (κ3) is 2.98. The summed E-state index contributed by atoms with van der Waals surface area (Å²) >= 11 is 1.62. The standard InChI is InChI=1S/C22H23N7S/c1-28(16-11-14-3-4-15(12-16)25-14)20-8-6-18(26-27-20)17-5-7-19(29-10-2-9-24-29)21-22(17)30-13-23-21/h2,5-10,13-16,25H,3-4,11-12H2,1H3. The third-order valence-electron chi connectivity index (χ3n) is 6.50. The highest BCUT2D eigenvalue weighted by molar-refractivity contribution is 7.17. The molecular formula is C22H23N7S. The fourth-order valence-electron chi connectivity index (χ4n) is 4.92. The number of piperidine rings is 1. The van der Waals surface area contributed by atoms with Gasteiger partial charge < -0.3 is 10.2 Å². The van der Waals surface area contributed by atoms with Gasteiger partial charge in [-0.1, -0.05) is 0 Å². The van der Waals surface area contributed by atoms with Crippen molar-refractivity contribution in [1.82, 2.24) is 30.3 Å². The zero-order valence-electron chi connectivity index (χ0n) is 16.8. The first-order chi connectivity index (χ1) is 14.8. The molecule has 0 saturated carbocycles. The van der Waals surface area contributed by atoms with Gasteiger partial charge in [-0.25, -0.2) is 9.67 Å². The number of fused-ring (bicyclic) bond motifs is 3. The summed E-state index contributed by atoms with van der Waals surface area (Å²) in [5.74, 6) is 0.943. The van der Waals surface area contributed by atoms with E-state index < -0.39 is 0 Å². The number of nitrogens with zero attached hydrogens (tertiary/aromatic N) is 6. The molecule has 7 nitrogen and oxygen atoms in total. The fourth-order valence-corrected chi connectivity index (χ4v) is 5.75. The van der Waals surface area contributed by atoms with Gasteiger partial charge in [-0.2, -0.15) is 5.10 Å². The SMILES string of the molecule is CN(c1ccc(-c2ccc(-n3cccn3)c3ncsc23)nn1)C1CC2CCC(C1)N2. The largest absolute Gasteiger partial charge is 0.355 e. The number of hydrogen-bond donors (Lipinski definition) is 1. The molecule has 2 fully saturated rings. The van der Waals surface area contributed by atoms with Crippen molar-refractivity contribution in [2.24, 2.45) is 0 Å². The zero-order chi connectivity index (χ0) is 20.1. The summed E-state index contributed by atoms with van der Waals surface area (Å²) in [4.78, 5) is 6.89. The van der Waals surface area contributed by atoms with E-state index in [1.807, 2.05) is 22.5 Å². The Morgan fingerprint density at radius 2 is 1.97 bits per heavy atom. The first-order valence-electron chi connectivity index (χ1n) is 10.5. The van der Waals surface area contributed by atoms with Crippen LogP contribution in [0.25, 0.3) is 27.2 Å². The molecule has 2 saturated heterocycles. The monoisotopic (exact) mass is 417 g/mol. The Morgan fingerprint density at radius 3 is 2.70 bits per heavy atom. The minimum Gasteiger partial charge on any atom is -0.355 e. The fraction of sp³-hybridized carbons (Fsp3) is 0.364. The van der Waals surface area contributed by atoms with Crippen LogP contribution in [0.15, 0.2) is 48.2 Å². The smallest absolute Gasteiger partial charge is 0.151 e. The highest BCUT2D eigenvalue weighted by Crippen LogP contribution is 2.34. The van der Waals surface area contributed by atoms with Gasteiger partial charge in [0.25, 0.3) is 0 Å². The van der Waals surface area contributed by atoms with Crippen LogP contribution in [0.3, 0.4) is 0 Å². The maximum atomic E-state index is 4.59. The molecule has 2 atom stereocenters. The minimum absolute atomic E-state index is 0.533. The third-order valence-corrected chi connectivity index (χ3v) is 7.36. The molecule has 8 heteroatoms. The Morgan fingerprint density at radius 1 is 1.10 bits per heavy atom. The molecule has 152 valence electrons. The second-order valence-electron chi connectivity index (χ2n) is 8.26. The van der Waals surface area contributed by atoms with Crippen LogP contribution < -0.4 is 10.2 Å². The number of rotatable bonds is 4. The highest BCUT2D eigenvalue weighted by Gasteiger charge is 2.35. The van der Waals surface area contributed by atoms with Gasteiger partial charge in [-0.05, 0) is 56.0 Å². The van der Waals surface area contributed by atoms with Crippen LogP contribution >= 0.6 is 11.3 Å². The number of thiazole rings is 1. The van der Waals surface area contributed by atoms with E-state index in [0.29, 0.717) is 18.1 Å². The summed E-state index contributed by atoms with van der Waals surface area (Å²) in [6.45, 7) is 0. The lowest BCUT2D eigenvalue weighted by Gasteiger charge is -2.36. The predicted molar refractivity (Wildman–Crippen MR) is 119 cm³/mol. The molecule has 5 heterocycles. The molecule has 0 spiro atoms. The van der Waals surface area contributed by atoms with Gasteiger partial charge in [0.1, 0.15) is 5.52 Å². The molecule has 2 bridgehead atoms. The molecule has 6 rings (SSSR count). The molecule has 0 amide bonds. The van der Waals surface area contributed by atoms with Crippen molar-refractivity contribution >= 4 is 27.4 Å². The Hall–Kier alpha value is -2.84. The van der Waals surface area contributed by atoms with Gasteiger partial charge in [0, 0.05) is 43.1 Å². The Labute approximate surface area is 178 Å². The van der Waals surface area contributed by atoms with Gasteiger partial charge in [0.05, 0.1) is 21.6 Å². The average molecular weight is 418 g/mol. The lowest BCUT2D eigenvalue weighted by Crippen LogP contribution is -2.47. The molecule has 2 unspecified atom stereocenters. The first-order valence-corrected chi connectivity index (χ1v) is 11.3. The molecular weight excluding hydrogens is 394 g/mol. The summed E-state index contributed by atoms with van der Waals surface area (Å²) in [7, 11) is 2.15. The first kappa shape index (κ1) is 18.0. The zero-order valence-corrected chi connectivity index (χ0v) is 17.6. The van der Waals surface area contributed by atoms with Gasteiger partial charge in [-0.15, -0.1) is 21.5 Å². The molecule has 30 heavy (non-hydrogen) atoms. The van der Waals surface area contributed by atoms with Gasteiger partial charge in [-0.3, -0.25) is 0 Å². The second-order valence-corrected chi connectivity index (χ2v) is 9.12. The molecule has 1 N–H and O–H groups in total. The van der Waals surface area contributed by atoms with E-state index in [2.05, 4.69) is 61.8 Å². The summed E-state index contributed by atoms with van der Waals surface area (Å²) < 4.78 is 2.95. The molecule has 2 aliphatic rings. The van der Waals surface area contributed by atoms with Crippen molar-refractivity contribution in [1.29, 1.82) is 0 Å². The van der Waals surface area contributed by atoms with Crippen LogP contribution in [0.1, 0.15) is 25.7 Å².